The van der Waals surface area contributed by atoms with Crippen LogP contribution in [-0.4, -0.2) is 39.8 Å². The molecule has 9 heteroatoms. The van der Waals surface area contributed by atoms with Crippen LogP contribution in [0.15, 0.2) is 18.2 Å². The monoisotopic (exact) mass is 363 g/mol. The first kappa shape index (κ1) is 19.5. The van der Waals surface area contributed by atoms with Crippen LogP contribution < -0.4 is 20.1 Å². The third kappa shape index (κ3) is 5.26. The van der Waals surface area contributed by atoms with Gasteiger partial charge < -0.3 is 15.4 Å². The molecule has 1 heterocycles. The van der Waals surface area contributed by atoms with E-state index in [4.69, 9.17) is 4.74 Å². The second-order valence-electron chi connectivity index (χ2n) is 5.06. The number of halogens is 1. The molecule has 130 valence electrons. The van der Waals surface area contributed by atoms with Gasteiger partial charge in [0.1, 0.15) is 5.75 Å². The van der Waals surface area contributed by atoms with Crippen LogP contribution in [-0.2, 0) is 14.8 Å². The van der Waals surface area contributed by atoms with E-state index in [0.717, 1.165) is 19.4 Å². The minimum Gasteiger partial charge on any atom is -0.494 e. The Morgan fingerprint density at radius 1 is 1.43 bits per heavy atom. The molecule has 1 aliphatic heterocycles. The number of carbonyl (C=O) groups excluding carboxylic acids is 1. The predicted octanol–water partition coefficient (Wildman–Crippen LogP) is 1.57. The lowest BCUT2D eigenvalue weighted by Gasteiger charge is -2.14. The summed E-state index contributed by atoms with van der Waals surface area (Å²) in [4.78, 5) is 12.0. The molecule has 1 amide bonds. The molecule has 0 aliphatic carbocycles. The lowest BCUT2D eigenvalue weighted by atomic mass is 10.2. The van der Waals surface area contributed by atoms with Crippen molar-refractivity contribution in [2.75, 3.05) is 29.4 Å². The zero-order valence-electron chi connectivity index (χ0n) is 13.1. The SMILES string of the molecule is CCS(=O)(=O)Nc1ccc(NC(=O)C2CCCN2)cc1OC.Cl. The third-order valence-electron chi connectivity index (χ3n) is 3.49. The normalized spacial score (nSPS) is 17.2. The fourth-order valence-electron chi connectivity index (χ4n) is 2.23. The van der Waals surface area contributed by atoms with Gasteiger partial charge in [-0.3, -0.25) is 9.52 Å². The highest BCUT2D eigenvalue weighted by atomic mass is 35.5. The van der Waals surface area contributed by atoms with Crippen LogP contribution in [0, 0.1) is 0 Å². The van der Waals surface area contributed by atoms with Gasteiger partial charge in [0, 0.05) is 11.8 Å². The van der Waals surface area contributed by atoms with Crippen LogP contribution in [0.1, 0.15) is 19.8 Å². The smallest absolute Gasteiger partial charge is 0.241 e. The topological polar surface area (TPSA) is 96.5 Å². The van der Waals surface area contributed by atoms with Crippen molar-refractivity contribution in [2.45, 2.75) is 25.8 Å². The van der Waals surface area contributed by atoms with E-state index in [2.05, 4.69) is 15.4 Å². The summed E-state index contributed by atoms with van der Waals surface area (Å²) in [5, 5.41) is 5.92. The van der Waals surface area contributed by atoms with Crippen molar-refractivity contribution in [1.82, 2.24) is 5.32 Å². The molecule has 1 aliphatic rings. The molecule has 0 radical (unpaired) electrons. The number of ether oxygens (including phenoxy) is 1. The van der Waals surface area contributed by atoms with Crippen molar-refractivity contribution in [3.8, 4) is 5.75 Å². The third-order valence-corrected chi connectivity index (χ3v) is 4.78. The average molecular weight is 364 g/mol. The largest absolute Gasteiger partial charge is 0.494 e. The maximum absolute atomic E-state index is 12.0. The molecule has 3 N–H and O–H groups in total. The molecule has 7 nitrogen and oxygen atoms in total. The van der Waals surface area contributed by atoms with Crippen LogP contribution in [0.5, 0.6) is 5.75 Å². The van der Waals surface area contributed by atoms with Gasteiger partial charge in [0.05, 0.1) is 24.6 Å². The van der Waals surface area contributed by atoms with Crippen LogP contribution in [0.4, 0.5) is 11.4 Å². The minimum absolute atomic E-state index is 0. The van der Waals surface area contributed by atoms with Crippen molar-refractivity contribution >= 4 is 39.7 Å². The van der Waals surface area contributed by atoms with Gasteiger partial charge in [-0.05, 0) is 38.4 Å². The Balaban J connectivity index is 0.00000264. The van der Waals surface area contributed by atoms with E-state index in [1.165, 1.54) is 7.11 Å². The van der Waals surface area contributed by atoms with Gasteiger partial charge in [0.15, 0.2) is 0 Å². The molecule has 1 unspecified atom stereocenters. The molecule has 1 saturated heterocycles. The van der Waals surface area contributed by atoms with Crippen molar-refractivity contribution < 1.29 is 17.9 Å². The quantitative estimate of drug-likeness (QED) is 0.712. The average Bonchev–Trinajstić information content (AvgIpc) is 3.03. The van der Waals surface area contributed by atoms with E-state index >= 15 is 0 Å². The zero-order valence-corrected chi connectivity index (χ0v) is 14.7. The van der Waals surface area contributed by atoms with Crippen molar-refractivity contribution in [3.63, 3.8) is 0 Å². The highest BCUT2D eigenvalue weighted by Gasteiger charge is 2.22. The minimum atomic E-state index is -3.38. The number of rotatable bonds is 6. The summed E-state index contributed by atoms with van der Waals surface area (Å²) in [5.74, 6) is 0.234. The predicted molar refractivity (Wildman–Crippen MR) is 93.0 cm³/mol. The van der Waals surface area contributed by atoms with Crippen LogP contribution in [0.2, 0.25) is 0 Å². The number of anilines is 2. The fourth-order valence-corrected chi connectivity index (χ4v) is 2.88. The number of carbonyl (C=O) groups is 1. The van der Waals surface area contributed by atoms with Gasteiger partial charge in [0.2, 0.25) is 15.9 Å². The second kappa shape index (κ2) is 8.37. The lowest BCUT2D eigenvalue weighted by molar-refractivity contribution is -0.117. The number of amides is 1. The fraction of sp³-hybridized carbons (Fsp3) is 0.500. The highest BCUT2D eigenvalue weighted by Crippen LogP contribution is 2.29. The van der Waals surface area contributed by atoms with Crippen molar-refractivity contribution in [3.05, 3.63) is 18.2 Å². The van der Waals surface area contributed by atoms with E-state index in [-0.39, 0.29) is 30.1 Å². The molecular weight excluding hydrogens is 342 g/mol. The van der Waals surface area contributed by atoms with Gasteiger partial charge in [-0.25, -0.2) is 8.42 Å². The van der Waals surface area contributed by atoms with Crippen LogP contribution >= 0.6 is 12.4 Å². The summed E-state index contributed by atoms with van der Waals surface area (Å²) in [7, 11) is -1.93. The molecule has 1 atom stereocenters. The summed E-state index contributed by atoms with van der Waals surface area (Å²) in [6.07, 6.45) is 1.80. The molecule has 0 spiro atoms. The molecular formula is C14H22ClN3O4S. The van der Waals surface area contributed by atoms with E-state index < -0.39 is 10.0 Å². The van der Waals surface area contributed by atoms with Gasteiger partial charge >= 0.3 is 0 Å². The number of hydrogen-bond acceptors (Lipinski definition) is 5. The summed E-state index contributed by atoms with van der Waals surface area (Å²) in [5.41, 5.74) is 0.913. The maximum atomic E-state index is 12.0. The summed E-state index contributed by atoms with van der Waals surface area (Å²) in [6, 6.07) is 4.64. The number of benzene rings is 1. The first-order valence-corrected chi connectivity index (χ1v) is 8.83. The lowest BCUT2D eigenvalue weighted by Crippen LogP contribution is -2.35. The Hall–Kier alpha value is -1.51. The van der Waals surface area contributed by atoms with E-state index in [9.17, 15) is 13.2 Å². The standard InChI is InChI=1S/C14H21N3O4S.ClH/c1-3-22(19,20)17-11-7-6-10(9-13(11)21-2)16-14(18)12-5-4-8-15-12;/h6-7,9,12,15,17H,3-5,8H2,1-2H3,(H,16,18);1H. The Kier molecular flexibility index (Phi) is 7.11. The Morgan fingerprint density at radius 2 is 2.17 bits per heavy atom. The van der Waals surface area contributed by atoms with E-state index in [1.807, 2.05) is 0 Å². The first-order valence-electron chi connectivity index (χ1n) is 7.18. The summed E-state index contributed by atoms with van der Waals surface area (Å²) in [6.45, 7) is 2.40. The van der Waals surface area contributed by atoms with E-state index in [1.54, 1.807) is 25.1 Å². The summed E-state index contributed by atoms with van der Waals surface area (Å²) < 4.78 is 30.9. The van der Waals surface area contributed by atoms with Gasteiger partial charge in [-0.15, -0.1) is 12.4 Å². The highest BCUT2D eigenvalue weighted by molar-refractivity contribution is 7.92. The Morgan fingerprint density at radius 3 is 2.74 bits per heavy atom. The Bertz CT molecular complexity index is 645. The van der Waals surface area contributed by atoms with Gasteiger partial charge in [-0.2, -0.15) is 0 Å². The van der Waals surface area contributed by atoms with Crippen molar-refractivity contribution in [1.29, 1.82) is 0 Å². The number of nitrogens with one attached hydrogen (secondary N) is 3. The second-order valence-corrected chi connectivity index (χ2v) is 7.07. The molecule has 2 rings (SSSR count). The van der Waals surface area contributed by atoms with E-state index in [0.29, 0.717) is 17.1 Å². The first-order chi connectivity index (χ1) is 10.4. The number of sulfonamides is 1. The van der Waals surface area contributed by atoms with Crippen molar-refractivity contribution in [2.24, 2.45) is 0 Å². The maximum Gasteiger partial charge on any atom is 0.241 e. The molecule has 1 aromatic carbocycles. The molecule has 0 aromatic heterocycles. The molecule has 0 bridgehead atoms. The summed E-state index contributed by atoms with van der Waals surface area (Å²) >= 11 is 0. The molecule has 1 aromatic rings. The zero-order chi connectivity index (χ0) is 16.2. The van der Waals surface area contributed by atoms with Gasteiger partial charge in [0.25, 0.3) is 0 Å². The Labute approximate surface area is 142 Å². The number of methoxy groups -OCH3 is 1. The molecule has 0 saturated carbocycles. The molecule has 1 fully saturated rings. The van der Waals surface area contributed by atoms with Crippen LogP contribution in [0.25, 0.3) is 0 Å². The molecule has 23 heavy (non-hydrogen) atoms. The number of hydrogen-bond donors (Lipinski definition) is 3. The van der Waals surface area contributed by atoms with Gasteiger partial charge in [-0.1, -0.05) is 0 Å². The van der Waals surface area contributed by atoms with Crippen LogP contribution in [0.3, 0.4) is 0 Å².